The van der Waals surface area contributed by atoms with Gasteiger partial charge < -0.3 is 14.7 Å². The van der Waals surface area contributed by atoms with Crippen molar-refractivity contribution in [3.8, 4) is 11.4 Å². The number of aromatic nitrogens is 3. The molecule has 0 bridgehead atoms. The van der Waals surface area contributed by atoms with Crippen molar-refractivity contribution in [2.45, 2.75) is 39.0 Å². The van der Waals surface area contributed by atoms with Gasteiger partial charge in [-0.15, -0.1) is 0 Å². The molecule has 5 rings (SSSR count). The summed E-state index contributed by atoms with van der Waals surface area (Å²) < 4.78 is 59.6. The Kier molecular flexibility index (Phi) is 4.72. The Morgan fingerprint density at radius 1 is 1.31 bits per heavy atom. The minimum Gasteiger partial charge on any atom is -0.364 e. The average molecular weight is 449 g/mol. The van der Waals surface area contributed by atoms with E-state index in [0.29, 0.717) is 43.3 Å². The van der Waals surface area contributed by atoms with Gasteiger partial charge in [-0.05, 0) is 30.5 Å². The number of carbonyl (C=O) groups excluding carboxylic acids is 1. The van der Waals surface area contributed by atoms with Gasteiger partial charge in [-0.3, -0.25) is 4.68 Å². The van der Waals surface area contributed by atoms with Crippen LogP contribution in [0.15, 0.2) is 29.0 Å². The molecule has 0 saturated heterocycles. The second kappa shape index (κ2) is 7.35. The predicted molar refractivity (Wildman–Crippen MR) is 105 cm³/mol. The van der Waals surface area contributed by atoms with Gasteiger partial charge in [0.05, 0.1) is 23.5 Å². The number of benzene rings is 1. The Morgan fingerprint density at radius 2 is 2.12 bits per heavy atom. The lowest BCUT2D eigenvalue weighted by atomic mass is 10.00. The first-order valence-corrected chi connectivity index (χ1v) is 10.2. The van der Waals surface area contributed by atoms with Gasteiger partial charge in [0.2, 0.25) is 0 Å². The third-order valence-corrected chi connectivity index (χ3v) is 5.83. The van der Waals surface area contributed by atoms with Crippen LogP contribution in [-0.4, -0.2) is 32.4 Å². The normalized spacial score (nSPS) is 17.9. The molecule has 2 aliphatic heterocycles. The van der Waals surface area contributed by atoms with Crippen LogP contribution in [0, 0.1) is 11.7 Å². The van der Waals surface area contributed by atoms with Gasteiger partial charge in [0.15, 0.2) is 0 Å². The van der Waals surface area contributed by atoms with Crippen molar-refractivity contribution in [2.75, 3.05) is 11.9 Å². The topological polar surface area (TPSA) is 76.2 Å². The van der Waals surface area contributed by atoms with Gasteiger partial charge in [-0.25, -0.2) is 9.18 Å². The van der Waals surface area contributed by atoms with E-state index in [2.05, 4.69) is 17.4 Å². The Morgan fingerprint density at radius 3 is 2.91 bits per heavy atom. The largest absolute Gasteiger partial charge is 0.419 e. The van der Waals surface area contributed by atoms with Crippen LogP contribution < -0.4 is 5.32 Å². The number of rotatable bonds is 1. The SMILES string of the molecule is C[C@@H]1Cc2conc2-c2c3c(nn2C1)CCN(C(=O)Nc1ccc(F)c(C(F)(F)F)c1)C3. The quantitative estimate of drug-likeness (QED) is 0.556. The van der Waals surface area contributed by atoms with Gasteiger partial charge >= 0.3 is 12.2 Å². The number of anilines is 1. The van der Waals surface area contributed by atoms with Crippen LogP contribution in [0.5, 0.6) is 0 Å². The first-order chi connectivity index (χ1) is 15.2. The van der Waals surface area contributed by atoms with E-state index in [1.54, 1.807) is 6.26 Å². The molecule has 0 spiro atoms. The highest BCUT2D eigenvalue weighted by atomic mass is 19.4. The molecular formula is C21H19F4N5O2. The Bertz CT molecular complexity index is 1200. The van der Waals surface area contributed by atoms with E-state index >= 15 is 0 Å². The molecule has 11 heteroatoms. The molecule has 0 aliphatic carbocycles. The van der Waals surface area contributed by atoms with Crippen LogP contribution in [0.4, 0.5) is 28.0 Å². The molecule has 2 amide bonds. The highest BCUT2D eigenvalue weighted by molar-refractivity contribution is 5.89. The molecule has 32 heavy (non-hydrogen) atoms. The summed E-state index contributed by atoms with van der Waals surface area (Å²) in [5, 5.41) is 11.3. The van der Waals surface area contributed by atoms with Crippen LogP contribution in [-0.2, 0) is 32.1 Å². The standard InChI is InChI=1S/C21H19F4N5O2/c1-11-6-12-10-32-28-18(12)19-14-9-29(5-4-17(14)27-30(19)8-11)20(31)26-13-2-3-16(22)15(7-13)21(23,24)25/h2-3,7,10-11H,4-6,8-9H2,1H3,(H,26,31)/t11-/m1/s1. The Labute approximate surface area is 180 Å². The van der Waals surface area contributed by atoms with E-state index in [4.69, 9.17) is 9.62 Å². The Balaban J connectivity index is 1.41. The number of carbonyl (C=O) groups is 1. The molecular weight excluding hydrogens is 430 g/mol. The van der Waals surface area contributed by atoms with Crippen molar-refractivity contribution in [1.29, 1.82) is 0 Å². The first kappa shape index (κ1) is 20.5. The van der Waals surface area contributed by atoms with Crippen molar-refractivity contribution in [3.63, 3.8) is 0 Å². The fraction of sp³-hybridized carbons (Fsp3) is 0.381. The van der Waals surface area contributed by atoms with E-state index in [1.165, 1.54) is 4.90 Å². The maximum absolute atomic E-state index is 13.5. The molecule has 168 valence electrons. The predicted octanol–water partition coefficient (Wildman–Crippen LogP) is 4.48. The van der Waals surface area contributed by atoms with Crippen LogP contribution in [0.1, 0.15) is 29.3 Å². The second-order valence-electron chi connectivity index (χ2n) is 8.25. The summed E-state index contributed by atoms with van der Waals surface area (Å²) in [6.45, 7) is 3.40. The molecule has 1 aromatic carbocycles. The molecule has 7 nitrogen and oxygen atoms in total. The van der Waals surface area contributed by atoms with Crippen molar-refractivity contribution in [3.05, 3.63) is 52.7 Å². The molecule has 4 heterocycles. The Hall–Kier alpha value is -3.37. The van der Waals surface area contributed by atoms with Gasteiger partial charge in [0, 0.05) is 36.3 Å². The zero-order chi connectivity index (χ0) is 22.6. The number of alkyl halides is 3. The lowest BCUT2D eigenvalue weighted by Gasteiger charge is -2.27. The summed E-state index contributed by atoms with van der Waals surface area (Å²) in [6.07, 6.45) is -1.93. The molecule has 2 aromatic heterocycles. The number of fused-ring (bicyclic) bond motifs is 5. The summed E-state index contributed by atoms with van der Waals surface area (Å²) in [4.78, 5) is 14.3. The highest BCUT2D eigenvalue weighted by Gasteiger charge is 2.35. The highest BCUT2D eigenvalue weighted by Crippen LogP contribution is 2.36. The average Bonchev–Trinajstić information content (AvgIpc) is 3.28. The van der Waals surface area contributed by atoms with Crippen molar-refractivity contribution in [2.24, 2.45) is 5.92 Å². The van der Waals surface area contributed by atoms with Gasteiger partial charge in [0.1, 0.15) is 17.8 Å². The number of hydrogen-bond acceptors (Lipinski definition) is 4. The van der Waals surface area contributed by atoms with Crippen molar-refractivity contribution in [1.82, 2.24) is 19.8 Å². The number of urea groups is 1. The van der Waals surface area contributed by atoms with Crippen molar-refractivity contribution >= 4 is 11.7 Å². The molecule has 0 fully saturated rings. The second-order valence-corrected chi connectivity index (χ2v) is 8.25. The molecule has 1 atom stereocenters. The molecule has 1 N–H and O–H groups in total. The van der Waals surface area contributed by atoms with E-state index in [9.17, 15) is 22.4 Å². The first-order valence-electron chi connectivity index (χ1n) is 10.2. The summed E-state index contributed by atoms with van der Waals surface area (Å²) >= 11 is 0. The number of nitrogens with zero attached hydrogens (tertiary/aromatic N) is 4. The third-order valence-electron chi connectivity index (χ3n) is 5.83. The summed E-state index contributed by atoms with van der Waals surface area (Å²) in [7, 11) is 0. The van der Waals surface area contributed by atoms with E-state index < -0.39 is 23.6 Å². The van der Waals surface area contributed by atoms with Gasteiger partial charge in [-0.1, -0.05) is 12.1 Å². The summed E-state index contributed by atoms with van der Waals surface area (Å²) in [5.41, 5.74) is 2.66. The number of halogens is 4. The number of hydrogen-bond donors (Lipinski definition) is 1. The van der Waals surface area contributed by atoms with E-state index in [-0.39, 0.29) is 12.2 Å². The minimum atomic E-state index is -4.85. The molecule has 0 unspecified atom stereocenters. The smallest absolute Gasteiger partial charge is 0.364 e. The zero-order valence-corrected chi connectivity index (χ0v) is 17.0. The molecule has 3 aromatic rings. The third kappa shape index (κ3) is 3.51. The molecule has 0 radical (unpaired) electrons. The molecule has 2 aliphatic rings. The van der Waals surface area contributed by atoms with Crippen LogP contribution >= 0.6 is 0 Å². The fourth-order valence-corrected chi connectivity index (χ4v) is 4.35. The summed E-state index contributed by atoms with van der Waals surface area (Å²) in [5.74, 6) is -1.06. The van der Waals surface area contributed by atoms with Crippen LogP contribution in [0.3, 0.4) is 0 Å². The van der Waals surface area contributed by atoms with Gasteiger partial charge in [0.25, 0.3) is 0 Å². The van der Waals surface area contributed by atoms with E-state index in [1.807, 2.05) is 4.68 Å². The maximum atomic E-state index is 13.5. The molecule has 0 saturated carbocycles. The monoisotopic (exact) mass is 449 g/mol. The lowest BCUT2D eigenvalue weighted by molar-refractivity contribution is -0.139. The fourth-order valence-electron chi connectivity index (χ4n) is 4.35. The minimum absolute atomic E-state index is 0.129. The van der Waals surface area contributed by atoms with Crippen LogP contribution in [0.25, 0.3) is 11.4 Å². The number of amides is 2. The number of nitrogens with one attached hydrogen (secondary N) is 1. The maximum Gasteiger partial charge on any atom is 0.419 e. The van der Waals surface area contributed by atoms with Gasteiger partial charge in [-0.2, -0.15) is 18.3 Å². The van der Waals surface area contributed by atoms with Crippen molar-refractivity contribution < 1.29 is 26.9 Å². The lowest BCUT2D eigenvalue weighted by Crippen LogP contribution is -2.38. The zero-order valence-electron chi connectivity index (χ0n) is 17.0. The van der Waals surface area contributed by atoms with E-state index in [0.717, 1.165) is 35.0 Å². The summed E-state index contributed by atoms with van der Waals surface area (Å²) in [6, 6.07) is 1.82. The van der Waals surface area contributed by atoms with Crippen LogP contribution in [0.2, 0.25) is 0 Å².